The number of halogens is 1. The second-order valence-corrected chi connectivity index (χ2v) is 3.94. The van der Waals surface area contributed by atoms with Crippen molar-refractivity contribution in [3.8, 4) is 0 Å². The number of hydrogen-bond donors (Lipinski definition) is 0. The monoisotopic (exact) mass is 254 g/mol. The van der Waals surface area contributed by atoms with Gasteiger partial charge in [0.25, 0.3) is 0 Å². The van der Waals surface area contributed by atoms with Crippen LogP contribution in [0.3, 0.4) is 0 Å². The third-order valence-electron chi connectivity index (χ3n) is 1.96. The van der Waals surface area contributed by atoms with E-state index in [1.807, 2.05) is 36.4 Å². The van der Waals surface area contributed by atoms with E-state index in [1.54, 1.807) is 0 Å². The Kier molecular flexibility index (Phi) is 3.35. The summed E-state index contributed by atoms with van der Waals surface area (Å²) in [5, 5.41) is 0. The SMILES string of the molecule is Brc1ccc(/C=C/C2OCCO2)cc1. The predicted molar refractivity (Wildman–Crippen MR) is 58.9 cm³/mol. The van der Waals surface area contributed by atoms with Gasteiger partial charge in [-0.25, -0.2) is 0 Å². The third kappa shape index (κ3) is 2.67. The standard InChI is InChI=1S/C11H11BrO2/c12-10-4-1-9(2-5-10)3-6-11-13-7-8-14-11/h1-6,11H,7-8H2/b6-3+. The highest BCUT2D eigenvalue weighted by Crippen LogP contribution is 2.13. The van der Waals surface area contributed by atoms with Gasteiger partial charge >= 0.3 is 0 Å². The Hall–Kier alpha value is -0.640. The summed E-state index contributed by atoms with van der Waals surface area (Å²) >= 11 is 3.39. The van der Waals surface area contributed by atoms with E-state index < -0.39 is 0 Å². The van der Waals surface area contributed by atoms with Gasteiger partial charge in [0.05, 0.1) is 13.2 Å². The van der Waals surface area contributed by atoms with Crippen LogP contribution in [0.5, 0.6) is 0 Å². The fourth-order valence-corrected chi connectivity index (χ4v) is 1.52. The van der Waals surface area contributed by atoms with E-state index in [9.17, 15) is 0 Å². The smallest absolute Gasteiger partial charge is 0.177 e. The van der Waals surface area contributed by atoms with E-state index in [4.69, 9.17) is 9.47 Å². The third-order valence-corrected chi connectivity index (χ3v) is 2.49. The molecule has 0 atom stereocenters. The van der Waals surface area contributed by atoms with Gasteiger partial charge in [-0.15, -0.1) is 0 Å². The van der Waals surface area contributed by atoms with Gasteiger partial charge in [-0.2, -0.15) is 0 Å². The summed E-state index contributed by atoms with van der Waals surface area (Å²) in [5.41, 5.74) is 1.15. The zero-order valence-electron chi connectivity index (χ0n) is 7.65. The molecule has 2 nitrogen and oxygen atoms in total. The summed E-state index contributed by atoms with van der Waals surface area (Å²) in [6.45, 7) is 1.38. The molecule has 0 N–H and O–H groups in total. The van der Waals surface area contributed by atoms with Crippen molar-refractivity contribution in [2.75, 3.05) is 13.2 Å². The summed E-state index contributed by atoms with van der Waals surface area (Å²) in [4.78, 5) is 0. The molecule has 0 aromatic heterocycles. The van der Waals surface area contributed by atoms with Crippen LogP contribution in [0.2, 0.25) is 0 Å². The molecule has 14 heavy (non-hydrogen) atoms. The topological polar surface area (TPSA) is 18.5 Å². The van der Waals surface area contributed by atoms with Crippen LogP contribution in [-0.2, 0) is 9.47 Å². The van der Waals surface area contributed by atoms with Crippen molar-refractivity contribution < 1.29 is 9.47 Å². The molecule has 1 aliphatic heterocycles. The minimum atomic E-state index is -0.168. The summed E-state index contributed by atoms with van der Waals surface area (Å²) in [7, 11) is 0. The van der Waals surface area contributed by atoms with Crippen LogP contribution < -0.4 is 0 Å². The molecule has 1 aromatic carbocycles. The summed E-state index contributed by atoms with van der Waals surface area (Å²) in [6, 6.07) is 8.09. The fraction of sp³-hybridized carbons (Fsp3) is 0.273. The summed E-state index contributed by atoms with van der Waals surface area (Å²) < 4.78 is 11.6. The lowest BCUT2D eigenvalue weighted by molar-refractivity contribution is -0.000907. The normalized spacial score (nSPS) is 18.1. The van der Waals surface area contributed by atoms with E-state index in [1.165, 1.54) is 0 Å². The van der Waals surface area contributed by atoms with Crippen molar-refractivity contribution in [3.05, 3.63) is 40.4 Å². The molecule has 0 amide bonds. The predicted octanol–water partition coefficient (Wildman–Crippen LogP) is 2.84. The van der Waals surface area contributed by atoms with Gasteiger partial charge in [-0.1, -0.05) is 34.1 Å². The van der Waals surface area contributed by atoms with Crippen LogP contribution in [0.25, 0.3) is 6.08 Å². The highest BCUT2D eigenvalue weighted by atomic mass is 79.9. The Bertz CT molecular complexity index is 313. The van der Waals surface area contributed by atoms with Crippen LogP contribution >= 0.6 is 15.9 Å². The Morgan fingerprint density at radius 1 is 1.14 bits per heavy atom. The molecule has 0 unspecified atom stereocenters. The maximum absolute atomic E-state index is 5.28. The fourth-order valence-electron chi connectivity index (χ4n) is 1.25. The molecule has 0 spiro atoms. The first-order valence-electron chi connectivity index (χ1n) is 4.51. The molecule has 1 aromatic rings. The largest absolute Gasteiger partial charge is 0.347 e. The van der Waals surface area contributed by atoms with Crippen molar-refractivity contribution in [2.45, 2.75) is 6.29 Å². The molecular formula is C11H11BrO2. The lowest BCUT2D eigenvalue weighted by Crippen LogP contribution is -2.01. The van der Waals surface area contributed by atoms with Gasteiger partial charge in [0, 0.05) is 4.47 Å². The summed E-state index contributed by atoms with van der Waals surface area (Å²) in [6.07, 6.45) is 3.76. The van der Waals surface area contributed by atoms with E-state index in [0.29, 0.717) is 13.2 Å². The first-order valence-corrected chi connectivity index (χ1v) is 5.31. The molecule has 1 fully saturated rings. The number of ether oxygens (including phenoxy) is 2. The van der Waals surface area contributed by atoms with Gasteiger partial charge in [0.2, 0.25) is 0 Å². The first-order chi connectivity index (χ1) is 6.84. The second kappa shape index (κ2) is 4.73. The van der Waals surface area contributed by atoms with E-state index in [0.717, 1.165) is 10.0 Å². The molecule has 0 radical (unpaired) electrons. The molecule has 74 valence electrons. The molecule has 1 saturated heterocycles. The van der Waals surface area contributed by atoms with E-state index >= 15 is 0 Å². The molecule has 2 rings (SSSR count). The van der Waals surface area contributed by atoms with Crippen LogP contribution in [-0.4, -0.2) is 19.5 Å². The van der Waals surface area contributed by atoms with Crippen molar-refractivity contribution in [1.29, 1.82) is 0 Å². The van der Waals surface area contributed by atoms with Crippen LogP contribution in [0.15, 0.2) is 34.8 Å². The van der Waals surface area contributed by atoms with Gasteiger partial charge < -0.3 is 9.47 Å². The quantitative estimate of drug-likeness (QED) is 0.809. The number of benzene rings is 1. The lowest BCUT2D eigenvalue weighted by Gasteiger charge is -2.01. The van der Waals surface area contributed by atoms with Crippen molar-refractivity contribution in [3.63, 3.8) is 0 Å². The van der Waals surface area contributed by atoms with Crippen molar-refractivity contribution in [1.82, 2.24) is 0 Å². The highest BCUT2D eigenvalue weighted by Gasteiger charge is 2.11. The van der Waals surface area contributed by atoms with E-state index in [-0.39, 0.29) is 6.29 Å². The maximum Gasteiger partial charge on any atom is 0.177 e. The van der Waals surface area contributed by atoms with Crippen molar-refractivity contribution >= 4 is 22.0 Å². The Labute approximate surface area is 91.7 Å². The number of rotatable bonds is 2. The zero-order valence-corrected chi connectivity index (χ0v) is 9.24. The van der Waals surface area contributed by atoms with Crippen LogP contribution in [0.1, 0.15) is 5.56 Å². The second-order valence-electron chi connectivity index (χ2n) is 3.02. The molecular weight excluding hydrogens is 244 g/mol. The van der Waals surface area contributed by atoms with Gasteiger partial charge in [-0.05, 0) is 23.8 Å². The van der Waals surface area contributed by atoms with Gasteiger partial charge in [0.1, 0.15) is 0 Å². The molecule has 1 heterocycles. The van der Waals surface area contributed by atoms with Crippen molar-refractivity contribution in [2.24, 2.45) is 0 Å². The Morgan fingerprint density at radius 3 is 2.43 bits per heavy atom. The molecule has 0 aliphatic carbocycles. The minimum absolute atomic E-state index is 0.168. The van der Waals surface area contributed by atoms with Crippen LogP contribution in [0.4, 0.5) is 0 Å². The lowest BCUT2D eigenvalue weighted by atomic mass is 10.2. The molecule has 3 heteroatoms. The van der Waals surface area contributed by atoms with E-state index in [2.05, 4.69) is 15.9 Å². The van der Waals surface area contributed by atoms with Crippen LogP contribution in [0, 0.1) is 0 Å². The maximum atomic E-state index is 5.28. The molecule has 0 saturated carbocycles. The van der Waals surface area contributed by atoms with Gasteiger partial charge in [-0.3, -0.25) is 0 Å². The molecule has 1 aliphatic rings. The molecule has 0 bridgehead atoms. The highest BCUT2D eigenvalue weighted by molar-refractivity contribution is 9.10. The Balaban J connectivity index is 1.99. The Morgan fingerprint density at radius 2 is 1.79 bits per heavy atom. The zero-order chi connectivity index (χ0) is 9.80. The first kappa shape index (κ1) is 9.90. The van der Waals surface area contributed by atoms with Gasteiger partial charge in [0.15, 0.2) is 6.29 Å². The average molecular weight is 255 g/mol. The minimum Gasteiger partial charge on any atom is -0.347 e. The number of hydrogen-bond acceptors (Lipinski definition) is 2. The summed E-state index contributed by atoms with van der Waals surface area (Å²) in [5.74, 6) is 0. The average Bonchev–Trinajstić information content (AvgIpc) is 2.70.